The van der Waals surface area contributed by atoms with Gasteiger partial charge in [0.05, 0.1) is 0 Å². The molecule has 2 rings (SSSR count). The number of aromatic carboxylic acids is 1. The fourth-order valence-electron chi connectivity index (χ4n) is 1.78. The molecule has 1 aromatic heterocycles. The number of alkyl halides is 3. The molecule has 0 atom stereocenters. The van der Waals surface area contributed by atoms with Crippen molar-refractivity contribution in [2.45, 2.75) is 13.1 Å². The Morgan fingerprint density at radius 1 is 1.20 bits per heavy atom. The van der Waals surface area contributed by atoms with Gasteiger partial charge in [-0.05, 0) is 6.92 Å². The smallest absolute Gasteiger partial charge is 0.434 e. The molecule has 2 N–H and O–H groups in total. The van der Waals surface area contributed by atoms with E-state index in [9.17, 15) is 31.1 Å². The van der Waals surface area contributed by atoms with Crippen molar-refractivity contribution < 1.29 is 36.2 Å². The molecule has 0 aliphatic heterocycles. The molecule has 0 saturated heterocycles. The lowest BCUT2D eigenvalue weighted by Gasteiger charge is -2.14. The second-order valence-electron chi connectivity index (χ2n) is 4.64. The lowest BCUT2D eigenvalue weighted by atomic mass is 10.2. The molecule has 0 bridgehead atoms. The summed E-state index contributed by atoms with van der Waals surface area (Å²) < 4.78 is 79.7. The van der Waals surface area contributed by atoms with Gasteiger partial charge in [-0.3, -0.25) is 0 Å². The molecule has 0 spiro atoms. The van der Waals surface area contributed by atoms with Crippen LogP contribution in [0, 0.1) is 24.4 Å². The number of aromatic nitrogens is 2. The molecule has 0 radical (unpaired) electrons. The van der Waals surface area contributed by atoms with Crippen molar-refractivity contribution in [1.29, 1.82) is 0 Å². The largest absolute Gasteiger partial charge is 0.478 e. The number of anilines is 2. The quantitative estimate of drug-likeness (QED) is 0.608. The molecule has 0 amide bonds. The highest BCUT2D eigenvalue weighted by molar-refractivity contribution is 6.33. The molecular weight excluding hydrogens is 380 g/mol. The highest BCUT2D eigenvalue weighted by Gasteiger charge is 2.38. The van der Waals surface area contributed by atoms with Crippen LogP contribution in [0.25, 0.3) is 0 Å². The number of rotatable bonds is 3. The Morgan fingerprint density at radius 2 is 1.80 bits per heavy atom. The lowest BCUT2D eigenvalue weighted by Crippen LogP contribution is -2.17. The van der Waals surface area contributed by atoms with Gasteiger partial charge < -0.3 is 10.4 Å². The standard InChI is InChI=1S/C13H6ClF6N3O2/c1-3-6(15)5(14)9(8(17)7(3)16)22-12-21-2-4(11(24)25)10(23-12)13(18,19)20/h2H,1H3,(H,24,25)(H,21,22,23). The summed E-state index contributed by atoms with van der Waals surface area (Å²) in [6.07, 6.45) is -4.85. The second kappa shape index (κ2) is 6.39. The van der Waals surface area contributed by atoms with Gasteiger partial charge in [-0.1, -0.05) is 11.6 Å². The first-order valence-corrected chi connectivity index (χ1v) is 6.60. The van der Waals surface area contributed by atoms with Gasteiger partial charge in [0.1, 0.15) is 22.1 Å². The minimum atomic E-state index is -5.17. The van der Waals surface area contributed by atoms with Crippen molar-refractivity contribution >= 4 is 29.2 Å². The van der Waals surface area contributed by atoms with Crippen LogP contribution in [-0.4, -0.2) is 21.0 Å². The van der Waals surface area contributed by atoms with Crippen LogP contribution >= 0.6 is 11.6 Å². The molecule has 134 valence electrons. The molecule has 1 aromatic carbocycles. The molecule has 0 unspecified atom stereocenters. The van der Waals surface area contributed by atoms with Gasteiger partial charge in [-0.2, -0.15) is 13.2 Å². The molecular formula is C13H6ClF6N3O2. The SMILES string of the molecule is Cc1c(F)c(F)c(Nc2ncc(C(=O)O)c(C(F)(F)F)n2)c(Cl)c1F. The Balaban J connectivity index is 2.58. The Bertz CT molecular complexity index is 843. The van der Waals surface area contributed by atoms with E-state index >= 15 is 0 Å². The first kappa shape index (κ1) is 18.8. The number of carboxylic acid groups (broad SMARTS) is 1. The molecule has 1 heterocycles. The van der Waals surface area contributed by atoms with Crippen LogP contribution in [0.5, 0.6) is 0 Å². The van der Waals surface area contributed by atoms with E-state index in [1.807, 2.05) is 5.32 Å². The Hall–Kier alpha value is -2.56. The van der Waals surface area contributed by atoms with E-state index in [0.717, 1.165) is 6.92 Å². The minimum Gasteiger partial charge on any atom is -0.478 e. The summed E-state index contributed by atoms with van der Waals surface area (Å²) in [5.41, 5.74) is -4.85. The Morgan fingerprint density at radius 3 is 2.32 bits per heavy atom. The fraction of sp³-hybridized carbons (Fsp3) is 0.154. The van der Waals surface area contributed by atoms with Crippen LogP contribution in [0.15, 0.2) is 6.20 Å². The molecule has 0 aliphatic carbocycles. The summed E-state index contributed by atoms with van der Waals surface area (Å²) in [5, 5.41) is 9.61. The predicted octanol–water partition coefficient (Wildman–Crippen LogP) is 4.32. The van der Waals surface area contributed by atoms with Crippen molar-refractivity contribution in [3.8, 4) is 0 Å². The van der Waals surface area contributed by atoms with Gasteiger partial charge in [0.15, 0.2) is 17.3 Å². The van der Waals surface area contributed by atoms with Crippen LogP contribution in [0.4, 0.5) is 38.0 Å². The average Bonchev–Trinajstić information content (AvgIpc) is 2.54. The maximum absolute atomic E-state index is 13.9. The third kappa shape index (κ3) is 3.45. The number of benzene rings is 1. The van der Waals surface area contributed by atoms with E-state index in [1.54, 1.807) is 0 Å². The van der Waals surface area contributed by atoms with Gasteiger partial charge >= 0.3 is 12.1 Å². The number of halogens is 7. The first-order valence-electron chi connectivity index (χ1n) is 6.22. The summed E-state index contributed by atoms with van der Waals surface area (Å²) in [6.45, 7) is 0.906. The predicted molar refractivity (Wildman–Crippen MR) is 73.3 cm³/mol. The molecule has 12 heteroatoms. The van der Waals surface area contributed by atoms with Crippen molar-refractivity contribution in [2.75, 3.05) is 5.32 Å². The normalized spacial score (nSPS) is 11.5. The van der Waals surface area contributed by atoms with Gasteiger partial charge in [0.25, 0.3) is 0 Å². The van der Waals surface area contributed by atoms with E-state index in [4.69, 9.17) is 16.7 Å². The van der Waals surface area contributed by atoms with E-state index in [2.05, 4.69) is 9.97 Å². The van der Waals surface area contributed by atoms with Crippen LogP contribution in [0.3, 0.4) is 0 Å². The zero-order chi connectivity index (χ0) is 19.1. The van der Waals surface area contributed by atoms with Crippen LogP contribution in [0.2, 0.25) is 5.02 Å². The summed E-state index contributed by atoms with van der Waals surface area (Å²) in [4.78, 5) is 17.0. The van der Waals surface area contributed by atoms with Crippen molar-refractivity contribution in [3.63, 3.8) is 0 Å². The number of hydrogen-bond acceptors (Lipinski definition) is 4. The monoisotopic (exact) mass is 385 g/mol. The number of carbonyl (C=O) groups is 1. The third-order valence-electron chi connectivity index (χ3n) is 3.01. The summed E-state index contributed by atoms with van der Waals surface area (Å²) in [6, 6.07) is 0. The maximum Gasteiger partial charge on any atom is 0.434 e. The molecule has 5 nitrogen and oxygen atoms in total. The minimum absolute atomic E-state index is 0.313. The number of nitrogens with zero attached hydrogens (tertiary/aromatic N) is 2. The molecule has 25 heavy (non-hydrogen) atoms. The van der Waals surface area contributed by atoms with Gasteiger partial charge in [0.2, 0.25) is 5.95 Å². The fourth-order valence-corrected chi connectivity index (χ4v) is 2.05. The topological polar surface area (TPSA) is 75.1 Å². The Kier molecular flexibility index (Phi) is 4.80. The zero-order valence-electron chi connectivity index (χ0n) is 12.0. The van der Waals surface area contributed by atoms with E-state index in [1.165, 1.54) is 0 Å². The Labute approximate surface area is 140 Å². The maximum atomic E-state index is 13.9. The van der Waals surface area contributed by atoms with Gasteiger partial charge in [-0.25, -0.2) is 27.9 Å². The highest BCUT2D eigenvalue weighted by atomic mass is 35.5. The highest BCUT2D eigenvalue weighted by Crippen LogP contribution is 2.35. The number of carboxylic acids is 1. The van der Waals surface area contributed by atoms with Crippen molar-refractivity contribution in [1.82, 2.24) is 9.97 Å². The summed E-state index contributed by atoms with van der Waals surface area (Å²) in [7, 11) is 0. The molecule has 0 saturated carbocycles. The van der Waals surface area contributed by atoms with Crippen molar-refractivity contribution in [3.05, 3.63) is 45.5 Å². The molecule has 2 aromatic rings. The average molecular weight is 386 g/mol. The van der Waals surface area contributed by atoms with Crippen LogP contribution in [-0.2, 0) is 6.18 Å². The molecule has 0 fully saturated rings. The van der Waals surface area contributed by atoms with Crippen LogP contribution in [0.1, 0.15) is 21.6 Å². The van der Waals surface area contributed by atoms with Gasteiger partial charge in [0, 0.05) is 11.8 Å². The van der Waals surface area contributed by atoms with Gasteiger partial charge in [-0.15, -0.1) is 0 Å². The number of nitrogens with one attached hydrogen (secondary N) is 1. The van der Waals surface area contributed by atoms with Crippen molar-refractivity contribution in [2.24, 2.45) is 0 Å². The lowest BCUT2D eigenvalue weighted by molar-refractivity contribution is -0.141. The van der Waals surface area contributed by atoms with Crippen LogP contribution < -0.4 is 5.32 Å². The zero-order valence-corrected chi connectivity index (χ0v) is 12.7. The van der Waals surface area contributed by atoms with E-state index < -0.39 is 63.1 Å². The van der Waals surface area contributed by atoms with E-state index in [-0.39, 0.29) is 0 Å². The third-order valence-corrected chi connectivity index (χ3v) is 3.36. The molecule has 0 aliphatic rings. The second-order valence-corrected chi connectivity index (χ2v) is 5.02. The summed E-state index contributed by atoms with van der Waals surface area (Å²) in [5.74, 6) is -7.51. The first-order chi connectivity index (χ1) is 11.4. The summed E-state index contributed by atoms with van der Waals surface area (Å²) >= 11 is 5.52. The van der Waals surface area contributed by atoms with E-state index in [0.29, 0.717) is 6.20 Å². The number of hydrogen-bond donors (Lipinski definition) is 2.